The molecule has 0 saturated heterocycles. The molecule has 2 aromatic rings. The van der Waals surface area contributed by atoms with E-state index in [9.17, 15) is 9.59 Å². The van der Waals surface area contributed by atoms with Gasteiger partial charge in [0.1, 0.15) is 5.60 Å². The van der Waals surface area contributed by atoms with Gasteiger partial charge in [-0.05, 0) is 58.9 Å². The Morgan fingerprint density at radius 3 is 2.39 bits per heavy atom. The molecule has 6 nitrogen and oxygen atoms in total. The van der Waals surface area contributed by atoms with Crippen molar-refractivity contribution < 1.29 is 14.3 Å². The molecule has 0 aliphatic carbocycles. The summed E-state index contributed by atoms with van der Waals surface area (Å²) in [4.78, 5) is 25.7. The molecule has 0 bridgehead atoms. The van der Waals surface area contributed by atoms with Crippen LogP contribution in [0.4, 0.5) is 10.5 Å². The second-order valence-corrected chi connectivity index (χ2v) is 10.1. The van der Waals surface area contributed by atoms with Gasteiger partial charge in [-0.15, -0.1) is 0 Å². The highest BCUT2D eigenvalue weighted by Crippen LogP contribution is 2.44. The molecule has 3 N–H and O–H groups in total. The van der Waals surface area contributed by atoms with Crippen LogP contribution >= 0.6 is 23.2 Å². The van der Waals surface area contributed by atoms with Crippen LogP contribution in [0.25, 0.3) is 0 Å². The number of rotatable bonds is 5. The summed E-state index contributed by atoms with van der Waals surface area (Å²) < 4.78 is 5.37. The standard InChI is InChI=1S/C23H27Cl2N3O3/c1-21(2,3)31-20(30)28-22(4,5)13-26-23(15-8-6-7-9-17(15)25)16-12-14(24)10-11-18(16)27-19(23)29/h6-12,26H,13H2,1-5H3,(H,27,29)(H,28,30). The quantitative estimate of drug-likeness (QED) is 0.577. The van der Waals surface area contributed by atoms with Crippen LogP contribution in [-0.2, 0) is 15.1 Å². The van der Waals surface area contributed by atoms with Gasteiger partial charge < -0.3 is 15.4 Å². The van der Waals surface area contributed by atoms with Gasteiger partial charge in [-0.25, -0.2) is 4.79 Å². The summed E-state index contributed by atoms with van der Waals surface area (Å²) in [5, 5.41) is 10.1. The van der Waals surface area contributed by atoms with E-state index in [0.717, 1.165) is 0 Å². The van der Waals surface area contributed by atoms with Crippen molar-refractivity contribution in [2.24, 2.45) is 0 Å². The van der Waals surface area contributed by atoms with Gasteiger partial charge in [0.2, 0.25) is 0 Å². The van der Waals surface area contributed by atoms with Gasteiger partial charge in [-0.3, -0.25) is 10.1 Å². The lowest BCUT2D eigenvalue weighted by molar-refractivity contribution is -0.120. The Hall–Kier alpha value is -2.28. The Kier molecular flexibility index (Phi) is 6.29. The number of hydrogen-bond donors (Lipinski definition) is 3. The van der Waals surface area contributed by atoms with Crippen molar-refractivity contribution in [3.8, 4) is 0 Å². The Bertz CT molecular complexity index is 1020. The van der Waals surface area contributed by atoms with E-state index in [-0.39, 0.29) is 12.5 Å². The highest BCUT2D eigenvalue weighted by molar-refractivity contribution is 6.32. The highest BCUT2D eigenvalue weighted by Gasteiger charge is 2.50. The Balaban J connectivity index is 1.97. The normalized spacial score (nSPS) is 18.4. The van der Waals surface area contributed by atoms with Gasteiger partial charge >= 0.3 is 6.09 Å². The molecular weight excluding hydrogens is 437 g/mol. The smallest absolute Gasteiger partial charge is 0.408 e. The second-order valence-electron chi connectivity index (χ2n) is 9.24. The molecule has 0 fully saturated rings. The Morgan fingerprint density at radius 1 is 1.06 bits per heavy atom. The number of amides is 2. The van der Waals surface area contributed by atoms with E-state index in [4.69, 9.17) is 27.9 Å². The molecule has 8 heteroatoms. The number of carbonyl (C=O) groups excluding carboxylic acids is 2. The summed E-state index contributed by atoms with van der Waals surface area (Å²) in [6.07, 6.45) is -0.537. The van der Waals surface area contributed by atoms with E-state index in [2.05, 4.69) is 16.0 Å². The van der Waals surface area contributed by atoms with Crippen molar-refractivity contribution in [3.05, 3.63) is 63.6 Å². The summed E-state index contributed by atoms with van der Waals surface area (Å²) in [6, 6.07) is 12.4. The molecule has 0 saturated carbocycles. The van der Waals surface area contributed by atoms with E-state index >= 15 is 0 Å². The lowest BCUT2D eigenvalue weighted by Gasteiger charge is -2.35. The number of fused-ring (bicyclic) bond motifs is 1. The van der Waals surface area contributed by atoms with Crippen LogP contribution < -0.4 is 16.0 Å². The van der Waals surface area contributed by atoms with E-state index in [1.54, 1.807) is 57.2 Å². The van der Waals surface area contributed by atoms with Crippen molar-refractivity contribution in [2.45, 2.75) is 51.3 Å². The minimum atomic E-state index is -1.27. The number of alkyl carbamates (subject to hydrolysis) is 1. The number of nitrogens with one attached hydrogen (secondary N) is 3. The fourth-order valence-corrected chi connectivity index (χ4v) is 4.00. The molecule has 0 spiro atoms. The highest BCUT2D eigenvalue weighted by atomic mass is 35.5. The summed E-state index contributed by atoms with van der Waals surface area (Å²) in [6.45, 7) is 9.33. The van der Waals surface area contributed by atoms with Crippen LogP contribution in [-0.4, -0.2) is 29.7 Å². The average molecular weight is 464 g/mol. The SMILES string of the molecule is CC(C)(CNC1(c2ccccc2Cl)C(=O)Nc2ccc(Cl)cc21)NC(=O)OC(C)(C)C. The zero-order valence-corrected chi connectivity index (χ0v) is 19.7. The van der Waals surface area contributed by atoms with Gasteiger partial charge in [-0.2, -0.15) is 0 Å². The molecule has 166 valence electrons. The first-order chi connectivity index (χ1) is 14.3. The van der Waals surface area contributed by atoms with Crippen LogP contribution in [0.5, 0.6) is 0 Å². The van der Waals surface area contributed by atoms with Gasteiger partial charge in [0, 0.05) is 33.4 Å². The predicted molar refractivity (Wildman–Crippen MR) is 124 cm³/mol. The van der Waals surface area contributed by atoms with Crippen molar-refractivity contribution >= 4 is 40.9 Å². The third-order valence-electron chi connectivity index (χ3n) is 4.89. The van der Waals surface area contributed by atoms with Gasteiger partial charge in [0.05, 0.1) is 5.54 Å². The van der Waals surface area contributed by atoms with E-state index < -0.39 is 22.8 Å². The number of hydrogen-bond acceptors (Lipinski definition) is 4. The van der Waals surface area contributed by atoms with E-state index in [1.165, 1.54) is 0 Å². The fourth-order valence-electron chi connectivity index (χ4n) is 3.56. The molecule has 0 radical (unpaired) electrons. The second kappa shape index (κ2) is 8.34. The number of halogens is 2. The van der Waals surface area contributed by atoms with Crippen LogP contribution in [0.1, 0.15) is 45.7 Å². The number of anilines is 1. The molecule has 1 unspecified atom stereocenters. The maximum absolute atomic E-state index is 13.4. The molecular formula is C23H27Cl2N3O3. The van der Waals surface area contributed by atoms with Crippen molar-refractivity contribution in [1.29, 1.82) is 0 Å². The number of ether oxygens (including phenoxy) is 1. The summed E-state index contributed by atoms with van der Waals surface area (Å²) in [5.74, 6) is -0.272. The molecule has 1 aliphatic rings. The average Bonchev–Trinajstić information content (AvgIpc) is 2.90. The molecule has 31 heavy (non-hydrogen) atoms. The van der Waals surface area contributed by atoms with Crippen LogP contribution in [0, 0.1) is 0 Å². The summed E-state index contributed by atoms with van der Waals surface area (Å²) >= 11 is 12.8. The van der Waals surface area contributed by atoms with E-state index in [0.29, 0.717) is 26.9 Å². The van der Waals surface area contributed by atoms with Crippen LogP contribution in [0.3, 0.4) is 0 Å². The number of carbonyl (C=O) groups is 2. The first-order valence-electron chi connectivity index (χ1n) is 9.97. The zero-order valence-electron chi connectivity index (χ0n) is 18.2. The van der Waals surface area contributed by atoms with Gasteiger partial charge in [-0.1, -0.05) is 41.4 Å². The molecule has 1 aliphatic heterocycles. The third-order valence-corrected chi connectivity index (χ3v) is 5.45. The Labute approximate surface area is 192 Å². The molecule has 0 aromatic heterocycles. The van der Waals surface area contributed by atoms with Crippen molar-refractivity contribution in [2.75, 3.05) is 11.9 Å². The largest absolute Gasteiger partial charge is 0.444 e. The molecule has 2 amide bonds. The molecule has 1 heterocycles. The van der Waals surface area contributed by atoms with E-state index in [1.807, 2.05) is 19.9 Å². The maximum Gasteiger partial charge on any atom is 0.408 e. The lowest BCUT2D eigenvalue weighted by atomic mass is 9.83. The lowest BCUT2D eigenvalue weighted by Crippen LogP contribution is -2.58. The number of benzene rings is 2. The summed E-state index contributed by atoms with van der Waals surface area (Å²) in [5.41, 5.74) is -0.703. The van der Waals surface area contributed by atoms with Gasteiger partial charge in [0.25, 0.3) is 5.91 Å². The minimum absolute atomic E-state index is 0.247. The molecule has 2 aromatic carbocycles. The maximum atomic E-state index is 13.4. The van der Waals surface area contributed by atoms with Crippen molar-refractivity contribution in [1.82, 2.24) is 10.6 Å². The predicted octanol–water partition coefficient (Wildman–Crippen LogP) is 5.08. The van der Waals surface area contributed by atoms with Crippen LogP contribution in [0.15, 0.2) is 42.5 Å². The van der Waals surface area contributed by atoms with Crippen molar-refractivity contribution in [3.63, 3.8) is 0 Å². The monoisotopic (exact) mass is 463 g/mol. The minimum Gasteiger partial charge on any atom is -0.444 e. The van der Waals surface area contributed by atoms with Gasteiger partial charge in [0.15, 0.2) is 5.54 Å². The molecule has 3 rings (SSSR count). The summed E-state index contributed by atoms with van der Waals surface area (Å²) in [7, 11) is 0. The first-order valence-corrected chi connectivity index (χ1v) is 10.7. The fraction of sp³-hybridized carbons (Fsp3) is 0.391. The third kappa shape index (κ3) is 4.97. The molecule has 1 atom stereocenters. The Morgan fingerprint density at radius 2 is 1.74 bits per heavy atom. The first kappa shape index (κ1) is 23.4. The zero-order chi connectivity index (χ0) is 23.0. The van der Waals surface area contributed by atoms with Crippen LogP contribution in [0.2, 0.25) is 10.0 Å². The topological polar surface area (TPSA) is 79.5 Å².